The molecule has 0 amide bonds. The Balaban J connectivity index is 2.34. The van der Waals surface area contributed by atoms with Crippen molar-refractivity contribution in [2.75, 3.05) is 0 Å². The van der Waals surface area contributed by atoms with Crippen molar-refractivity contribution in [2.45, 2.75) is 6.42 Å². The highest BCUT2D eigenvalue weighted by Crippen LogP contribution is 2.21. The molecule has 0 heterocycles. The molecule has 2 aromatic carbocycles. The molecule has 0 spiro atoms. The minimum absolute atomic E-state index is 0.208. The number of hydrogen-bond acceptors (Lipinski definition) is 1. The number of carbonyl (C=O) groups is 1. The number of ketones is 1. The van der Waals surface area contributed by atoms with Gasteiger partial charge in [0.2, 0.25) is 0 Å². The average Bonchev–Trinajstić information content (AvgIpc) is 2.37. The first-order valence-electron chi connectivity index (χ1n) is 5.41. The summed E-state index contributed by atoms with van der Waals surface area (Å²) < 4.78 is 40.4. The van der Waals surface area contributed by atoms with E-state index in [1.807, 2.05) is 0 Å². The Morgan fingerprint density at radius 3 is 2.21 bits per heavy atom. The smallest absolute Gasteiger partial charge is 0.170 e. The topological polar surface area (TPSA) is 17.1 Å². The number of hydrogen-bond donors (Lipinski definition) is 0. The Hall–Kier alpha value is -1.81. The Morgan fingerprint density at radius 1 is 1.00 bits per heavy atom. The Bertz CT molecular complexity index is 620. The van der Waals surface area contributed by atoms with Gasteiger partial charge in [0.1, 0.15) is 11.6 Å². The molecule has 0 N–H and O–H groups in total. The summed E-state index contributed by atoms with van der Waals surface area (Å²) in [4.78, 5) is 11.9. The van der Waals surface area contributed by atoms with Crippen LogP contribution in [0.1, 0.15) is 15.9 Å². The van der Waals surface area contributed by atoms with Crippen molar-refractivity contribution in [1.82, 2.24) is 0 Å². The van der Waals surface area contributed by atoms with E-state index in [4.69, 9.17) is 11.6 Å². The molecule has 1 nitrogen and oxygen atoms in total. The normalized spacial score (nSPS) is 10.5. The lowest BCUT2D eigenvalue weighted by Gasteiger charge is -2.06. The van der Waals surface area contributed by atoms with Crippen LogP contribution in [0.3, 0.4) is 0 Å². The lowest BCUT2D eigenvalue weighted by atomic mass is 10.0. The highest BCUT2D eigenvalue weighted by atomic mass is 35.5. The van der Waals surface area contributed by atoms with Crippen molar-refractivity contribution < 1.29 is 18.0 Å². The SMILES string of the molecule is O=C(Cc1c(F)cccc1F)c1cccc(Cl)c1F. The Labute approximate surface area is 112 Å². The van der Waals surface area contributed by atoms with E-state index in [1.165, 1.54) is 24.3 Å². The molecule has 0 aliphatic heterocycles. The van der Waals surface area contributed by atoms with E-state index < -0.39 is 29.7 Å². The second-order valence-electron chi connectivity index (χ2n) is 3.90. The molecule has 19 heavy (non-hydrogen) atoms. The predicted octanol–water partition coefficient (Wildman–Crippen LogP) is 4.18. The maximum Gasteiger partial charge on any atom is 0.170 e. The lowest BCUT2D eigenvalue weighted by Crippen LogP contribution is -2.09. The van der Waals surface area contributed by atoms with Crippen molar-refractivity contribution in [3.05, 3.63) is 70.0 Å². The Kier molecular flexibility index (Phi) is 3.90. The first-order valence-corrected chi connectivity index (χ1v) is 5.78. The van der Waals surface area contributed by atoms with Gasteiger partial charge in [-0.15, -0.1) is 0 Å². The van der Waals surface area contributed by atoms with Crippen LogP contribution in [0.25, 0.3) is 0 Å². The second kappa shape index (κ2) is 5.45. The van der Waals surface area contributed by atoms with Crippen molar-refractivity contribution in [2.24, 2.45) is 0 Å². The van der Waals surface area contributed by atoms with Gasteiger partial charge in [0, 0.05) is 12.0 Å². The lowest BCUT2D eigenvalue weighted by molar-refractivity contribution is 0.0986. The zero-order chi connectivity index (χ0) is 14.0. The minimum atomic E-state index is -0.883. The largest absolute Gasteiger partial charge is 0.294 e. The molecule has 2 aromatic rings. The van der Waals surface area contributed by atoms with Gasteiger partial charge in [0.15, 0.2) is 11.6 Å². The van der Waals surface area contributed by atoms with Crippen molar-refractivity contribution >= 4 is 17.4 Å². The van der Waals surface area contributed by atoms with Crippen LogP contribution in [0.5, 0.6) is 0 Å². The van der Waals surface area contributed by atoms with Crippen LogP contribution in [-0.2, 0) is 6.42 Å². The number of carbonyl (C=O) groups excluding carboxylic acids is 1. The van der Waals surface area contributed by atoms with E-state index in [-0.39, 0.29) is 16.1 Å². The molecule has 0 saturated heterocycles. The predicted molar refractivity (Wildman–Crippen MR) is 65.8 cm³/mol. The summed E-state index contributed by atoms with van der Waals surface area (Å²) >= 11 is 5.55. The van der Waals surface area contributed by atoms with Crippen molar-refractivity contribution in [3.63, 3.8) is 0 Å². The van der Waals surface area contributed by atoms with Crippen LogP contribution in [0.15, 0.2) is 36.4 Å². The second-order valence-corrected chi connectivity index (χ2v) is 4.31. The molecule has 0 aromatic heterocycles. The molecule has 0 fully saturated rings. The van der Waals surface area contributed by atoms with E-state index in [0.717, 1.165) is 12.1 Å². The fourth-order valence-corrected chi connectivity index (χ4v) is 1.85. The molecular formula is C14H8ClF3O. The van der Waals surface area contributed by atoms with E-state index in [2.05, 4.69) is 0 Å². The van der Waals surface area contributed by atoms with Gasteiger partial charge in [-0.2, -0.15) is 0 Å². The monoisotopic (exact) mass is 284 g/mol. The molecule has 98 valence electrons. The molecule has 0 radical (unpaired) electrons. The van der Waals surface area contributed by atoms with Crippen LogP contribution < -0.4 is 0 Å². The zero-order valence-corrected chi connectivity index (χ0v) is 10.3. The summed E-state index contributed by atoms with van der Waals surface area (Å²) in [5, 5.41) is -0.208. The van der Waals surface area contributed by atoms with Crippen LogP contribution in [-0.4, -0.2) is 5.78 Å². The molecule has 0 unspecified atom stereocenters. The molecule has 0 aliphatic carbocycles. The molecule has 0 atom stereocenters. The summed E-state index contributed by atoms with van der Waals surface area (Å²) in [5.41, 5.74) is -0.665. The maximum absolute atomic E-state index is 13.6. The Morgan fingerprint density at radius 2 is 1.58 bits per heavy atom. The highest BCUT2D eigenvalue weighted by molar-refractivity contribution is 6.31. The number of halogens is 4. The molecule has 0 saturated carbocycles. The molecule has 0 bridgehead atoms. The first kappa shape index (κ1) is 13.6. The van der Waals surface area contributed by atoms with Crippen molar-refractivity contribution in [1.29, 1.82) is 0 Å². The number of benzene rings is 2. The molecular weight excluding hydrogens is 277 g/mol. The zero-order valence-electron chi connectivity index (χ0n) is 9.59. The van der Waals surface area contributed by atoms with E-state index in [1.54, 1.807) is 0 Å². The highest BCUT2D eigenvalue weighted by Gasteiger charge is 2.18. The van der Waals surface area contributed by atoms with Gasteiger partial charge in [-0.3, -0.25) is 4.79 Å². The summed E-state index contributed by atoms with van der Waals surface area (Å²) in [6.07, 6.45) is -0.560. The van der Waals surface area contributed by atoms with Gasteiger partial charge in [-0.25, -0.2) is 13.2 Å². The maximum atomic E-state index is 13.6. The summed E-state index contributed by atoms with van der Waals surface area (Å²) in [6.45, 7) is 0. The average molecular weight is 285 g/mol. The molecule has 2 rings (SSSR count). The quantitative estimate of drug-likeness (QED) is 0.773. The van der Waals surface area contributed by atoms with E-state index in [0.29, 0.717) is 0 Å². The third-order valence-corrected chi connectivity index (χ3v) is 2.94. The third-order valence-electron chi connectivity index (χ3n) is 2.65. The van der Waals surface area contributed by atoms with Gasteiger partial charge < -0.3 is 0 Å². The van der Waals surface area contributed by atoms with Crippen LogP contribution in [0.4, 0.5) is 13.2 Å². The number of rotatable bonds is 3. The van der Waals surface area contributed by atoms with Gasteiger partial charge in [-0.1, -0.05) is 23.7 Å². The van der Waals surface area contributed by atoms with Gasteiger partial charge >= 0.3 is 0 Å². The van der Waals surface area contributed by atoms with Gasteiger partial charge in [0.25, 0.3) is 0 Å². The summed E-state index contributed by atoms with van der Waals surface area (Å²) in [7, 11) is 0. The fraction of sp³-hybridized carbons (Fsp3) is 0.0714. The van der Waals surface area contributed by atoms with Crippen molar-refractivity contribution in [3.8, 4) is 0 Å². The molecule has 0 aliphatic rings. The van der Waals surface area contributed by atoms with E-state index >= 15 is 0 Å². The minimum Gasteiger partial charge on any atom is -0.294 e. The summed E-state index contributed by atoms with van der Waals surface area (Å²) in [6, 6.07) is 7.19. The van der Waals surface area contributed by atoms with Crippen LogP contribution in [0.2, 0.25) is 5.02 Å². The third kappa shape index (κ3) is 2.79. The van der Waals surface area contributed by atoms with Gasteiger partial charge in [0.05, 0.1) is 10.6 Å². The van der Waals surface area contributed by atoms with E-state index in [9.17, 15) is 18.0 Å². The number of Topliss-reactive ketones (excluding diaryl/α,β-unsaturated/α-hetero) is 1. The fourth-order valence-electron chi connectivity index (χ4n) is 1.68. The molecule has 5 heteroatoms. The summed E-state index contributed by atoms with van der Waals surface area (Å²) in [5.74, 6) is -3.29. The first-order chi connectivity index (χ1) is 9.00. The van der Waals surface area contributed by atoms with Crippen LogP contribution in [0, 0.1) is 17.5 Å². The standard InChI is InChI=1S/C14H8ClF3O/c15-10-4-1-3-8(14(10)18)13(19)7-9-11(16)5-2-6-12(9)17/h1-6H,7H2. The van der Waals surface area contributed by atoms with Crippen LogP contribution >= 0.6 is 11.6 Å². The van der Waals surface area contributed by atoms with Gasteiger partial charge in [-0.05, 0) is 24.3 Å².